The Morgan fingerprint density at radius 1 is 0.914 bits per heavy atom. The van der Waals surface area contributed by atoms with Crippen LogP contribution in [0.4, 0.5) is 10.1 Å². The molecule has 0 unspecified atom stereocenters. The van der Waals surface area contributed by atoms with Gasteiger partial charge in [0.2, 0.25) is 10.0 Å². The van der Waals surface area contributed by atoms with Gasteiger partial charge in [-0.25, -0.2) is 12.8 Å². The van der Waals surface area contributed by atoms with E-state index in [4.69, 9.17) is 0 Å². The highest BCUT2D eigenvalue weighted by molar-refractivity contribution is 7.89. The van der Waals surface area contributed by atoms with Crippen molar-refractivity contribution in [3.8, 4) is 0 Å². The highest BCUT2D eigenvalue weighted by atomic mass is 32.2. The first kappa shape index (κ1) is 23.7. The zero-order valence-electron chi connectivity index (χ0n) is 19.6. The average Bonchev–Trinajstić information content (AvgIpc) is 2.89. The number of carbonyl (C=O) groups is 1. The number of benzene rings is 3. The number of fused-ring (bicyclic) bond motifs is 1. The fourth-order valence-electron chi connectivity index (χ4n) is 5.14. The van der Waals surface area contributed by atoms with Gasteiger partial charge in [-0.15, -0.1) is 0 Å². The molecule has 0 aliphatic carbocycles. The second-order valence-electron chi connectivity index (χ2n) is 9.39. The molecule has 2 heterocycles. The molecular formula is C28H29FN2O3S. The van der Waals surface area contributed by atoms with E-state index in [1.165, 1.54) is 29.8 Å². The Balaban J connectivity index is 1.30. The standard InChI is InChI=1S/C28H29FN2O3S/c29-25-10-8-23(9-11-25)28(32)31-16-4-7-24-20-26(12-13-27(24)31)35(33,34)30-17-14-22(15-18-30)19-21-5-2-1-3-6-21/h1-3,5-6,8-13,20,22H,4,7,14-19H2. The van der Waals surface area contributed by atoms with E-state index in [2.05, 4.69) is 12.1 Å². The highest BCUT2D eigenvalue weighted by Gasteiger charge is 2.31. The molecule has 2 aliphatic heterocycles. The van der Waals surface area contributed by atoms with Crippen molar-refractivity contribution in [2.24, 2.45) is 5.92 Å². The fraction of sp³-hybridized carbons (Fsp3) is 0.321. The maximum absolute atomic E-state index is 13.4. The zero-order chi connectivity index (χ0) is 24.4. The fourth-order valence-corrected chi connectivity index (χ4v) is 6.66. The van der Waals surface area contributed by atoms with E-state index in [9.17, 15) is 17.6 Å². The first-order valence-electron chi connectivity index (χ1n) is 12.2. The van der Waals surface area contributed by atoms with Gasteiger partial charge in [0.15, 0.2) is 0 Å². The molecular weight excluding hydrogens is 463 g/mol. The third-order valence-electron chi connectivity index (χ3n) is 7.08. The van der Waals surface area contributed by atoms with Gasteiger partial charge < -0.3 is 4.90 Å². The van der Waals surface area contributed by atoms with Gasteiger partial charge in [-0.3, -0.25) is 4.79 Å². The summed E-state index contributed by atoms with van der Waals surface area (Å²) >= 11 is 0. The summed E-state index contributed by atoms with van der Waals surface area (Å²) in [5.74, 6) is -0.111. The number of piperidine rings is 1. The quantitative estimate of drug-likeness (QED) is 0.500. The number of sulfonamides is 1. The van der Waals surface area contributed by atoms with Crippen molar-refractivity contribution in [1.82, 2.24) is 4.31 Å². The van der Waals surface area contributed by atoms with Crippen LogP contribution in [0.3, 0.4) is 0 Å². The van der Waals surface area contributed by atoms with Crippen molar-refractivity contribution in [3.05, 3.63) is 95.3 Å². The van der Waals surface area contributed by atoms with Crippen molar-refractivity contribution in [2.75, 3.05) is 24.5 Å². The van der Waals surface area contributed by atoms with Crippen LogP contribution in [0.15, 0.2) is 77.7 Å². The Labute approximate surface area is 206 Å². The lowest BCUT2D eigenvalue weighted by molar-refractivity contribution is 0.0985. The van der Waals surface area contributed by atoms with Gasteiger partial charge in [-0.1, -0.05) is 30.3 Å². The van der Waals surface area contributed by atoms with Crippen LogP contribution >= 0.6 is 0 Å². The Bertz CT molecular complexity index is 1300. The van der Waals surface area contributed by atoms with Gasteiger partial charge in [-0.2, -0.15) is 4.31 Å². The van der Waals surface area contributed by atoms with E-state index in [0.29, 0.717) is 37.5 Å². The lowest BCUT2D eigenvalue weighted by atomic mass is 9.91. The molecule has 0 saturated carbocycles. The minimum absolute atomic E-state index is 0.206. The van der Waals surface area contributed by atoms with Crippen LogP contribution in [0.2, 0.25) is 0 Å². The van der Waals surface area contributed by atoms with Crippen molar-refractivity contribution in [2.45, 2.75) is 37.0 Å². The minimum Gasteiger partial charge on any atom is -0.308 e. The molecule has 0 radical (unpaired) electrons. The summed E-state index contributed by atoms with van der Waals surface area (Å²) in [6, 6.07) is 20.9. The number of hydrogen-bond donors (Lipinski definition) is 0. The monoisotopic (exact) mass is 492 g/mol. The predicted molar refractivity (Wildman–Crippen MR) is 134 cm³/mol. The second-order valence-corrected chi connectivity index (χ2v) is 11.3. The summed E-state index contributed by atoms with van der Waals surface area (Å²) in [4.78, 5) is 15.0. The van der Waals surface area contributed by atoms with Crippen LogP contribution in [0.5, 0.6) is 0 Å². The number of aryl methyl sites for hydroxylation is 1. The molecule has 3 aromatic carbocycles. The van der Waals surface area contributed by atoms with E-state index < -0.39 is 10.0 Å². The highest BCUT2D eigenvalue weighted by Crippen LogP contribution is 2.33. The average molecular weight is 493 g/mol. The Morgan fingerprint density at radius 2 is 1.63 bits per heavy atom. The molecule has 0 aromatic heterocycles. The Hall–Kier alpha value is -3.03. The van der Waals surface area contributed by atoms with E-state index in [1.54, 1.807) is 27.4 Å². The number of amides is 1. The number of nitrogens with zero attached hydrogens (tertiary/aromatic N) is 2. The topological polar surface area (TPSA) is 57.7 Å². The second kappa shape index (κ2) is 9.91. The molecule has 182 valence electrons. The molecule has 3 aromatic rings. The maximum Gasteiger partial charge on any atom is 0.258 e. The van der Waals surface area contributed by atoms with Gasteiger partial charge in [0.25, 0.3) is 5.91 Å². The summed E-state index contributed by atoms with van der Waals surface area (Å²) in [7, 11) is -3.60. The molecule has 0 atom stereocenters. The van der Waals surface area contributed by atoms with Gasteiger partial charge in [-0.05, 0) is 91.6 Å². The third-order valence-corrected chi connectivity index (χ3v) is 8.98. The maximum atomic E-state index is 13.4. The summed E-state index contributed by atoms with van der Waals surface area (Å²) in [5, 5.41) is 0. The molecule has 5 rings (SSSR count). The Morgan fingerprint density at radius 3 is 2.34 bits per heavy atom. The van der Waals surface area contributed by atoms with Gasteiger partial charge in [0.05, 0.1) is 4.90 Å². The molecule has 2 aliphatic rings. The van der Waals surface area contributed by atoms with Crippen LogP contribution in [0.1, 0.15) is 40.7 Å². The van der Waals surface area contributed by atoms with Gasteiger partial charge >= 0.3 is 0 Å². The van der Waals surface area contributed by atoms with Crippen LogP contribution < -0.4 is 4.90 Å². The largest absolute Gasteiger partial charge is 0.308 e. The van der Waals surface area contributed by atoms with Gasteiger partial charge in [0, 0.05) is 30.9 Å². The minimum atomic E-state index is -3.60. The molecule has 1 saturated heterocycles. The Kier molecular flexibility index (Phi) is 6.71. The molecule has 1 amide bonds. The molecule has 0 N–H and O–H groups in total. The SMILES string of the molecule is O=C(c1ccc(F)cc1)N1CCCc2cc(S(=O)(=O)N3CCC(Cc4ccccc4)CC3)ccc21. The summed E-state index contributed by atoms with van der Waals surface area (Å²) in [6.45, 7) is 1.59. The van der Waals surface area contributed by atoms with Crippen LogP contribution in [-0.4, -0.2) is 38.3 Å². The summed E-state index contributed by atoms with van der Waals surface area (Å²) in [5.41, 5.74) is 3.29. The first-order valence-corrected chi connectivity index (χ1v) is 13.6. The van der Waals surface area contributed by atoms with Crippen molar-refractivity contribution in [3.63, 3.8) is 0 Å². The van der Waals surface area contributed by atoms with Crippen LogP contribution in [-0.2, 0) is 22.9 Å². The van der Waals surface area contributed by atoms with Crippen LogP contribution in [0.25, 0.3) is 0 Å². The van der Waals surface area contributed by atoms with Crippen molar-refractivity contribution < 1.29 is 17.6 Å². The molecule has 0 spiro atoms. The summed E-state index contributed by atoms with van der Waals surface area (Å²) in [6.07, 6.45) is 4.13. The third kappa shape index (κ3) is 5.02. The normalized spacial score (nSPS) is 17.2. The van der Waals surface area contributed by atoms with E-state index in [1.807, 2.05) is 18.2 Å². The molecule has 5 nitrogen and oxygen atoms in total. The van der Waals surface area contributed by atoms with Crippen LogP contribution in [0, 0.1) is 11.7 Å². The first-order chi connectivity index (χ1) is 16.9. The molecule has 35 heavy (non-hydrogen) atoms. The van der Waals surface area contributed by atoms with E-state index >= 15 is 0 Å². The zero-order valence-corrected chi connectivity index (χ0v) is 20.4. The van der Waals surface area contributed by atoms with E-state index in [-0.39, 0.29) is 16.6 Å². The predicted octanol–water partition coefficient (Wildman–Crippen LogP) is 5.06. The number of rotatable bonds is 5. The lowest BCUT2D eigenvalue weighted by Gasteiger charge is -2.32. The molecule has 0 bridgehead atoms. The lowest BCUT2D eigenvalue weighted by Crippen LogP contribution is -2.39. The van der Waals surface area contributed by atoms with Gasteiger partial charge in [0.1, 0.15) is 5.82 Å². The number of anilines is 1. The van der Waals surface area contributed by atoms with Crippen molar-refractivity contribution >= 4 is 21.6 Å². The summed E-state index contributed by atoms with van der Waals surface area (Å²) < 4.78 is 41.7. The van der Waals surface area contributed by atoms with Crippen molar-refractivity contribution in [1.29, 1.82) is 0 Å². The molecule has 7 heteroatoms. The van der Waals surface area contributed by atoms with E-state index in [0.717, 1.165) is 36.9 Å². The number of carbonyl (C=O) groups excluding carboxylic acids is 1. The number of hydrogen-bond acceptors (Lipinski definition) is 3. The number of halogens is 1. The smallest absolute Gasteiger partial charge is 0.258 e. The molecule has 1 fully saturated rings.